The van der Waals surface area contributed by atoms with Crippen molar-refractivity contribution >= 4 is 42.4 Å². The van der Waals surface area contributed by atoms with Crippen LogP contribution in [0.15, 0.2) is 91.0 Å². The standard InChI is InChI=1S/C44H51N3O8Si/c1-28-41(56(5,6)36-19-16-34(53-3)17-20-36)39(25-40(49)46-22-8-11-32(46)27-48)55-44(28)37-24-35(54-4)18-21-38(37)47(43(44)51)26-29-9-7-10-31(23-29)45-42(50)30-12-14-33(52-2)15-13-30/h7,9-10,12-21,23-24,28,32,39,41,48H,8,11,22,25-27H2,1-6H3,(H,45,50)/t28-,32+,39+,41-,44+/m1/s1. The normalized spacial score (nSPS) is 23.0. The summed E-state index contributed by atoms with van der Waals surface area (Å²) in [5.41, 5.74) is 1.79. The topological polar surface area (TPSA) is 127 Å². The molecule has 5 atom stereocenters. The van der Waals surface area contributed by atoms with E-state index in [0.29, 0.717) is 40.5 Å². The van der Waals surface area contributed by atoms with Gasteiger partial charge in [-0.1, -0.05) is 49.5 Å². The third kappa shape index (κ3) is 6.94. The molecule has 3 aliphatic heterocycles. The van der Waals surface area contributed by atoms with Gasteiger partial charge in [-0.25, -0.2) is 0 Å². The fraction of sp³-hybridized carbons (Fsp3) is 0.386. The molecule has 3 aliphatic rings. The SMILES string of the molecule is COc1ccc(C(=O)Nc2cccc(CN3C(=O)[C@@]4(O[C@@H](CC(=O)N5CCC[C@H]5CO)[C@H]([Si](C)(C)c5ccc(OC)cc5)[C@H]4C)c4cc(OC)ccc43)c2)cc1. The molecule has 3 amide bonds. The van der Waals surface area contributed by atoms with E-state index in [9.17, 15) is 14.7 Å². The van der Waals surface area contributed by atoms with E-state index in [1.807, 2.05) is 54.6 Å². The van der Waals surface area contributed by atoms with Crippen LogP contribution in [0.25, 0.3) is 0 Å². The Hall–Kier alpha value is -5.17. The van der Waals surface area contributed by atoms with E-state index in [-0.39, 0.29) is 54.8 Å². The number of carbonyl (C=O) groups is 3. The molecule has 0 radical (unpaired) electrons. The van der Waals surface area contributed by atoms with Gasteiger partial charge >= 0.3 is 0 Å². The van der Waals surface area contributed by atoms with Crippen molar-refractivity contribution < 1.29 is 38.4 Å². The highest BCUT2D eigenvalue weighted by Crippen LogP contribution is 2.60. The second-order valence-electron chi connectivity index (χ2n) is 15.6. The third-order valence-corrected chi connectivity index (χ3v) is 16.6. The van der Waals surface area contributed by atoms with Gasteiger partial charge in [0.05, 0.1) is 66.8 Å². The smallest absolute Gasteiger partial charge is 0.264 e. The van der Waals surface area contributed by atoms with Gasteiger partial charge in [0.25, 0.3) is 11.8 Å². The molecule has 0 bridgehead atoms. The number of carbonyl (C=O) groups excluding carboxylic acids is 3. The van der Waals surface area contributed by atoms with Crippen molar-refractivity contribution in [3.63, 3.8) is 0 Å². The minimum atomic E-state index is -2.51. The lowest BCUT2D eigenvalue weighted by molar-refractivity contribution is -0.150. The van der Waals surface area contributed by atoms with Crippen molar-refractivity contribution in [2.45, 2.75) is 69.1 Å². The molecule has 0 aliphatic carbocycles. The Balaban J connectivity index is 1.25. The van der Waals surface area contributed by atoms with Gasteiger partial charge in [0.2, 0.25) is 5.91 Å². The van der Waals surface area contributed by atoms with E-state index >= 15 is 4.79 Å². The number of anilines is 2. The Bertz CT molecular complexity index is 2090. The summed E-state index contributed by atoms with van der Waals surface area (Å²) in [7, 11) is 2.32. The molecule has 56 heavy (non-hydrogen) atoms. The largest absolute Gasteiger partial charge is 0.497 e. The van der Waals surface area contributed by atoms with Gasteiger partial charge in [0.15, 0.2) is 5.60 Å². The number of fused-ring (bicyclic) bond motifs is 2. The molecule has 7 rings (SSSR count). The number of hydrogen-bond acceptors (Lipinski definition) is 8. The number of amides is 3. The highest BCUT2D eigenvalue weighted by Gasteiger charge is 2.66. The summed E-state index contributed by atoms with van der Waals surface area (Å²) in [6.45, 7) is 7.41. The average Bonchev–Trinajstić information content (AvgIpc) is 3.88. The summed E-state index contributed by atoms with van der Waals surface area (Å²) >= 11 is 0. The van der Waals surface area contributed by atoms with Gasteiger partial charge < -0.3 is 39.2 Å². The van der Waals surface area contributed by atoms with Crippen molar-refractivity contribution in [2.24, 2.45) is 5.92 Å². The zero-order chi connectivity index (χ0) is 39.8. The molecule has 2 saturated heterocycles. The van der Waals surface area contributed by atoms with Gasteiger partial charge in [-0.3, -0.25) is 14.4 Å². The van der Waals surface area contributed by atoms with E-state index in [1.54, 1.807) is 55.4 Å². The highest BCUT2D eigenvalue weighted by molar-refractivity contribution is 6.91. The number of nitrogens with zero attached hydrogens (tertiary/aromatic N) is 2. The molecule has 3 heterocycles. The first kappa shape index (κ1) is 39.1. The van der Waals surface area contributed by atoms with Crippen molar-refractivity contribution in [1.29, 1.82) is 0 Å². The lowest BCUT2D eigenvalue weighted by atomic mass is 9.82. The van der Waals surface area contributed by atoms with Crippen molar-refractivity contribution in [2.75, 3.05) is 44.7 Å². The Morgan fingerprint density at radius 2 is 1.57 bits per heavy atom. The first-order valence-corrected chi connectivity index (χ1v) is 22.3. The quantitative estimate of drug-likeness (QED) is 0.165. The van der Waals surface area contributed by atoms with Gasteiger partial charge in [-0.15, -0.1) is 0 Å². The molecule has 2 fully saturated rings. The molecule has 1 spiro atoms. The number of methoxy groups -OCH3 is 3. The van der Waals surface area contributed by atoms with Crippen LogP contribution in [0.1, 0.15) is 47.7 Å². The van der Waals surface area contributed by atoms with E-state index in [1.165, 1.54) is 5.19 Å². The van der Waals surface area contributed by atoms with Crippen molar-refractivity contribution in [1.82, 2.24) is 4.90 Å². The van der Waals surface area contributed by atoms with Gasteiger partial charge in [-0.05, 0) is 90.7 Å². The predicted octanol–water partition coefficient (Wildman–Crippen LogP) is 6.10. The lowest BCUT2D eigenvalue weighted by Gasteiger charge is -2.37. The van der Waals surface area contributed by atoms with Crippen LogP contribution in [0, 0.1) is 5.92 Å². The van der Waals surface area contributed by atoms with E-state index in [2.05, 4.69) is 37.5 Å². The number of likely N-dealkylation sites (tertiary alicyclic amines) is 1. The number of ether oxygens (including phenoxy) is 4. The zero-order valence-corrected chi connectivity index (χ0v) is 33.9. The first-order valence-electron chi connectivity index (χ1n) is 19.2. The summed E-state index contributed by atoms with van der Waals surface area (Å²) in [5, 5.41) is 14.2. The van der Waals surface area contributed by atoms with Gasteiger partial charge in [0.1, 0.15) is 17.2 Å². The average molecular weight is 778 g/mol. The molecular formula is C44H51N3O8Si. The molecule has 2 N–H and O–H groups in total. The van der Waals surface area contributed by atoms with Crippen LogP contribution in [-0.4, -0.2) is 82.4 Å². The van der Waals surface area contributed by atoms with Crippen LogP contribution in [0.5, 0.6) is 17.2 Å². The molecule has 0 unspecified atom stereocenters. The second kappa shape index (κ2) is 15.8. The molecule has 0 saturated carbocycles. The van der Waals surface area contributed by atoms with Crippen LogP contribution in [0.4, 0.5) is 11.4 Å². The zero-order valence-electron chi connectivity index (χ0n) is 32.9. The third-order valence-electron chi connectivity index (χ3n) is 12.2. The van der Waals surface area contributed by atoms with E-state index in [4.69, 9.17) is 18.9 Å². The maximum Gasteiger partial charge on any atom is 0.264 e. The van der Waals surface area contributed by atoms with Crippen LogP contribution >= 0.6 is 0 Å². The number of rotatable bonds is 12. The Morgan fingerprint density at radius 3 is 2.23 bits per heavy atom. The minimum Gasteiger partial charge on any atom is -0.497 e. The summed E-state index contributed by atoms with van der Waals surface area (Å²) < 4.78 is 23.6. The van der Waals surface area contributed by atoms with Crippen LogP contribution in [0.3, 0.4) is 0 Å². The predicted molar refractivity (Wildman–Crippen MR) is 218 cm³/mol. The number of aliphatic hydroxyl groups is 1. The number of benzene rings is 4. The van der Waals surface area contributed by atoms with Crippen LogP contribution in [-0.2, 0) is 26.5 Å². The maximum absolute atomic E-state index is 15.3. The molecule has 294 valence electrons. The number of nitrogens with one attached hydrogen (secondary N) is 1. The van der Waals surface area contributed by atoms with E-state index < -0.39 is 19.8 Å². The Morgan fingerprint density at radius 1 is 0.911 bits per heavy atom. The van der Waals surface area contributed by atoms with Crippen molar-refractivity contribution in [3.8, 4) is 17.2 Å². The summed E-state index contributed by atoms with van der Waals surface area (Å²) in [6, 6.07) is 27.9. The maximum atomic E-state index is 15.3. The number of aliphatic hydroxyl groups excluding tert-OH is 1. The summed E-state index contributed by atoms with van der Waals surface area (Å²) in [6.07, 6.45) is 1.13. The molecule has 4 aromatic carbocycles. The lowest BCUT2D eigenvalue weighted by Crippen LogP contribution is -2.52. The van der Waals surface area contributed by atoms with Gasteiger partial charge in [0, 0.05) is 29.3 Å². The highest BCUT2D eigenvalue weighted by atomic mass is 28.3. The summed E-state index contributed by atoms with van der Waals surface area (Å²) in [5.74, 6) is 1.16. The fourth-order valence-corrected chi connectivity index (χ4v) is 13.3. The van der Waals surface area contributed by atoms with Crippen molar-refractivity contribution in [3.05, 3.63) is 108 Å². The molecule has 11 nitrogen and oxygen atoms in total. The van der Waals surface area contributed by atoms with Crippen LogP contribution < -0.4 is 29.6 Å². The number of hydrogen-bond donors (Lipinski definition) is 2. The molecule has 12 heteroatoms. The summed E-state index contributed by atoms with van der Waals surface area (Å²) in [4.78, 5) is 46.1. The molecule has 4 aromatic rings. The minimum absolute atomic E-state index is 0.0676. The fourth-order valence-electron chi connectivity index (χ4n) is 9.30. The second-order valence-corrected chi connectivity index (χ2v) is 20.3. The van der Waals surface area contributed by atoms with E-state index in [0.717, 1.165) is 24.2 Å². The Labute approximate surface area is 329 Å². The van der Waals surface area contributed by atoms with Gasteiger partial charge in [-0.2, -0.15) is 0 Å². The molecular weight excluding hydrogens is 727 g/mol. The monoisotopic (exact) mass is 777 g/mol. The molecule has 0 aromatic heterocycles. The Kier molecular flexibility index (Phi) is 11.0. The first-order chi connectivity index (χ1) is 26.9. The van der Waals surface area contributed by atoms with Crippen LogP contribution in [0.2, 0.25) is 18.6 Å².